The number of carbonyl (C=O) groups is 1. The number of nitrogens with zero attached hydrogens (tertiary/aromatic N) is 1. The maximum Gasteiger partial charge on any atom is 0.169 e. The normalized spacial score (nSPS) is 10.1. The maximum absolute atomic E-state index is 13.0. The van der Waals surface area contributed by atoms with Crippen LogP contribution in [-0.2, 0) is 0 Å². The molecule has 16 heavy (non-hydrogen) atoms. The van der Waals surface area contributed by atoms with E-state index in [1.165, 1.54) is 18.3 Å². The molecule has 1 heterocycles. The summed E-state index contributed by atoms with van der Waals surface area (Å²) in [5.74, 6) is -0.366. The van der Waals surface area contributed by atoms with Crippen molar-refractivity contribution in [3.63, 3.8) is 0 Å². The van der Waals surface area contributed by atoms with Gasteiger partial charge in [-0.05, 0) is 23.8 Å². The molecule has 0 saturated carbocycles. The van der Waals surface area contributed by atoms with Crippen molar-refractivity contribution < 1.29 is 9.18 Å². The smallest absolute Gasteiger partial charge is 0.169 e. The van der Waals surface area contributed by atoms with Gasteiger partial charge in [0.1, 0.15) is 11.5 Å². The van der Waals surface area contributed by atoms with Crippen molar-refractivity contribution in [3.8, 4) is 11.1 Å². The van der Waals surface area contributed by atoms with Crippen LogP contribution in [0, 0.1) is 5.82 Å². The molecule has 0 aliphatic rings. The summed E-state index contributed by atoms with van der Waals surface area (Å²) in [6, 6.07) is 7.53. The molecule has 0 fully saturated rings. The van der Waals surface area contributed by atoms with Gasteiger partial charge in [-0.25, -0.2) is 4.39 Å². The highest BCUT2D eigenvalue weighted by molar-refractivity contribution is 6.30. The van der Waals surface area contributed by atoms with Crippen LogP contribution in [0.4, 0.5) is 4.39 Å². The lowest BCUT2D eigenvalue weighted by molar-refractivity contribution is 0.111. The highest BCUT2D eigenvalue weighted by Crippen LogP contribution is 2.24. The minimum Gasteiger partial charge on any atom is -0.296 e. The molecule has 2 aromatic rings. The van der Waals surface area contributed by atoms with E-state index >= 15 is 0 Å². The first-order valence-corrected chi connectivity index (χ1v) is 4.95. The Hall–Kier alpha value is -1.74. The van der Waals surface area contributed by atoms with Crippen LogP contribution in [0.1, 0.15) is 10.5 Å². The van der Waals surface area contributed by atoms with E-state index in [2.05, 4.69) is 4.98 Å². The van der Waals surface area contributed by atoms with Gasteiger partial charge in [-0.1, -0.05) is 23.7 Å². The van der Waals surface area contributed by atoms with Crippen LogP contribution in [-0.4, -0.2) is 11.3 Å². The Labute approximate surface area is 96.7 Å². The number of benzene rings is 1. The molecule has 0 N–H and O–H groups in total. The third-order valence-corrected chi connectivity index (χ3v) is 2.34. The lowest BCUT2D eigenvalue weighted by Crippen LogP contribution is -1.92. The molecule has 0 unspecified atom stereocenters. The van der Waals surface area contributed by atoms with E-state index in [-0.39, 0.29) is 11.5 Å². The first-order valence-electron chi connectivity index (χ1n) is 4.57. The number of pyridine rings is 1. The fourth-order valence-electron chi connectivity index (χ4n) is 1.43. The first-order chi connectivity index (χ1) is 7.70. The van der Waals surface area contributed by atoms with E-state index in [9.17, 15) is 9.18 Å². The van der Waals surface area contributed by atoms with Crippen molar-refractivity contribution in [3.05, 3.63) is 53.1 Å². The molecule has 0 saturated heterocycles. The molecular weight excluding hydrogens is 229 g/mol. The van der Waals surface area contributed by atoms with E-state index in [1.807, 2.05) is 0 Å². The first kappa shape index (κ1) is 10.8. The number of aldehydes is 1. The molecule has 2 rings (SSSR count). The van der Waals surface area contributed by atoms with Crippen molar-refractivity contribution in [2.24, 2.45) is 0 Å². The minimum atomic E-state index is -0.366. The molecular formula is C12H7ClFNO. The lowest BCUT2D eigenvalue weighted by Gasteiger charge is -2.04. The molecule has 4 heteroatoms. The zero-order valence-electron chi connectivity index (χ0n) is 8.15. The quantitative estimate of drug-likeness (QED) is 0.747. The van der Waals surface area contributed by atoms with Gasteiger partial charge >= 0.3 is 0 Å². The molecule has 0 spiro atoms. The molecule has 0 radical (unpaired) electrons. The van der Waals surface area contributed by atoms with Crippen molar-refractivity contribution >= 4 is 17.9 Å². The lowest BCUT2D eigenvalue weighted by atomic mass is 10.0. The van der Waals surface area contributed by atoms with Crippen LogP contribution < -0.4 is 0 Å². The highest BCUT2D eigenvalue weighted by atomic mass is 35.5. The number of rotatable bonds is 2. The van der Waals surface area contributed by atoms with E-state index < -0.39 is 0 Å². The molecule has 1 aromatic heterocycles. The third-order valence-electron chi connectivity index (χ3n) is 2.13. The van der Waals surface area contributed by atoms with E-state index in [4.69, 9.17) is 11.6 Å². The number of halogens is 2. The average Bonchev–Trinajstić information content (AvgIpc) is 2.29. The summed E-state index contributed by atoms with van der Waals surface area (Å²) in [5, 5.41) is 0.407. The van der Waals surface area contributed by atoms with Crippen molar-refractivity contribution in [1.82, 2.24) is 4.98 Å². The summed E-state index contributed by atoms with van der Waals surface area (Å²) in [6.07, 6.45) is 2.00. The number of aromatic nitrogens is 1. The second kappa shape index (κ2) is 4.41. The van der Waals surface area contributed by atoms with Gasteiger partial charge in [0.05, 0.1) is 5.02 Å². The van der Waals surface area contributed by atoms with Crippen LogP contribution in [0.2, 0.25) is 5.02 Å². The second-order valence-corrected chi connectivity index (χ2v) is 3.65. The molecule has 0 atom stereocenters. The monoisotopic (exact) mass is 235 g/mol. The fraction of sp³-hybridized carbons (Fsp3) is 0. The second-order valence-electron chi connectivity index (χ2n) is 3.21. The molecule has 0 amide bonds. The summed E-state index contributed by atoms with van der Waals surface area (Å²) in [6.45, 7) is 0. The van der Waals surface area contributed by atoms with Gasteiger partial charge in [-0.2, -0.15) is 0 Å². The topological polar surface area (TPSA) is 30.0 Å². The Morgan fingerprint density at radius 1 is 1.31 bits per heavy atom. The predicted molar refractivity (Wildman–Crippen MR) is 60.0 cm³/mol. The Morgan fingerprint density at radius 2 is 2.12 bits per heavy atom. The van der Waals surface area contributed by atoms with Crippen molar-refractivity contribution in [1.29, 1.82) is 0 Å². The van der Waals surface area contributed by atoms with Crippen molar-refractivity contribution in [2.45, 2.75) is 0 Å². The zero-order chi connectivity index (χ0) is 11.5. The summed E-state index contributed by atoms with van der Waals surface area (Å²) in [5.41, 5.74) is 1.36. The summed E-state index contributed by atoms with van der Waals surface area (Å²) < 4.78 is 13.0. The van der Waals surface area contributed by atoms with Gasteiger partial charge < -0.3 is 0 Å². The van der Waals surface area contributed by atoms with Gasteiger partial charge in [0.2, 0.25) is 0 Å². The van der Waals surface area contributed by atoms with Crippen molar-refractivity contribution in [2.75, 3.05) is 0 Å². The van der Waals surface area contributed by atoms with Crippen LogP contribution in [0.15, 0.2) is 36.5 Å². The fourth-order valence-corrected chi connectivity index (χ4v) is 1.59. The standard InChI is InChI=1S/C12H7ClFNO/c13-9-5-11(12(7-16)15-6-9)8-2-1-3-10(14)4-8/h1-7H. The van der Waals surface area contributed by atoms with Gasteiger partial charge in [0, 0.05) is 11.8 Å². The van der Waals surface area contributed by atoms with E-state index in [0.717, 1.165) is 0 Å². The van der Waals surface area contributed by atoms with Crippen LogP contribution >= 0.6 is 11.6 Å². The molecule has 0 bridgehead atoms. The largest absolute Gasteiger partial charge is 0.296 e. The summed E-state index contributed by atoms with van der Waals surface area (Å²) in [4.78, 5) is 14.7. The number of hydrogen-bond acceptors (Lipinski definition) is 2. The summed E-state index contributed by atoms with van der Waals surface area (Å²) in [7, 11) is 0. The molecule has 2 nitrogen and oxygen atoms in total. The van der Waals surface area contributed by atoms with E-state index in [0.29, 0.717) is 22.4 Å². The predicted octanol–water partition coefficient (Wildman–Crippen LogP) is 3.35. The minimum absolute atomic E-state index is 0.245. The summed E-state index contributed by atoms with van der Waals surface area (Å²) >= 11 is 5.79. The van der Waals surface area contributed by atoms with Crippen LogP contribution in [0.5, 0.6) is 0 Å². The Morgan fingerprint density at radius 3 is 2.81 bits per heavy atom. The highest BCUT2D eigenvalue weighted by Gasteiger charge is 2.07. The van der Waals surface area contributed by atoms with Gasteiger partial charge in [0.15, 0.2) is 6.29 Å². The Kier molecular flexibility index (Phi) is 2.97. The Balaban J connectivity index is 2.62. The molecule has 0 aliphatic carbocycles. The van der Waals surface area contributed by atoms with E-state index in [1.54, 1.807) is 18.2 Å². The average molecular weight is 236 g/mol. The third kappa shape index (κ3) is 2.09. The maximum atomic E-state index is 13.0. The Bertz CT molecular complexity index is 542. The molecule has 80 valence electrons. The van der Waals surface area contributed by atoms with Gasteiger partial charge in [-0.15, -0.1) is 0 Å². The number of hydrogen-bond donors (Lipinski definition) is 0. The SMILES string of the molecule is O=Cc1ncc(Cl)cc1-c1cccc(F)c1. The zero-order valence-corrected chi connectivity index (χ0v) is 8.91. The van der Waals surface area contributed by atoms with Gasteiger partial charge in [-0.3, -0.25) is 9.78 Å². The molecule has 0 aliphatic heterocycles. The number of carbonyl (C=O) groups excluding carboxylic acids is 1. The van der Waals surface area contributed by atoms with Crippen LogP contribution in [0.25, 0.3) is 11.1 Å². The van der Waals surface area contributed by atoms with Gasteiger partial charge in [0.25, 0.3) is 0 Å². The van der Waals surface area contributed by atoms with Crippen LogP contribution in [0.3, 0.4) is 0 Å². The molecule has 1 aromatic carbocycles.